The van der Waals surface area contributed by atoms with Crippen molar-refractivity contribution in [1.29, 1.82) is 0 Å². The number of carboxylic acid groups (broad SMARTS) is 1. The lowest BCUT2D eigenvalue weighted by molar-refractivity contribution is -0.140. The second-order valence-corrected chi connectivity index (χ2v) is 5.57. The number of nitrogens with one attached hydrogen (secondary N) is 1. The summed E-state index contributed by atoms with van der Waals surface area (Å²) in [6, 6.07) is 5.57. The second-order valence-electron chi connectivity index (χ2n) is 5.57. The first-order valence-corrected chi connectivity index (χ1v) is 7.65. The summed E-state index contributed by atoms with van der Waals surface area (Å²) in [6.45, 7) is 0.544. The minimum absolute atomic E-state index is 0.0783. The molecule has 0 bridgehead atoms. The number of unbranched alkanes of at least 4 members (excludes halogenated alkanes) is 1. The fraction of sp³-hybridized carbons (Fsp3) is 0.353. The number of anilines is 1. The predicted octanol–water partition coefficient (Wildman–Crippen LogP) is 0.677. The molecule has 0 aliphatic carbocycles. The number of amides is 1. The molecule has 1 heterocycles. The topological polar surface area (TPSA) is 131 Å². The first kappa shape index (κ1) is 17.3. The molecule has 0 saturated carbocycles. The van der Waals surface area contributed by atoms with Crippen LogP contribution in [0.5, 0.6) is 0 Å². The van der Waals surface area contributed by atoms with E-state index in [1.807, 2.05) is 18.2 Å². The molecule has 0 aromatic heterocycles. The van der Waals surface area contributed by atoms with Gasteiger partial charge in [0.1, 0.15) is 0 Å². The SMILES string of the molecule is NC(N)=NCCCC#Cc1ccc2c(c1)NC(=O)C(CC(=O)O)C2. The second kappa shape index (κ2) is 8.02. The number of hydrogen-bond acceptors (Lipinski definition) is 3. The third kappa shape index (κ3) is 5.02. The molecule has 2 rings (SSSR count). The average Bonchev–Trinajstić information content (AvgIpc) is 2.51. The van der Waals surface area contributed by atoms with Gasteiger partial charge in [0.05, 0.1) is 12.3 Å². The van der Waals surface area contributed by atoms with E-state index in [2.05, 4.69) is 22.2 Å². The van der Waals surface area contributed by atoms with Crippen LogP contribution in [-0.4, -0.2) is 29.5 Å². The Hall–Kier alpha value is -3.01. The number of aliphatic carboxylic acids is 1. The standard InChI is InChI=1S/C17H20N4O3/c18-17(19)20-7-3-1-2-4-11-5-6-12-9-13(10-15(22)23)16(24)21-14(12)8-11/h5-6,8,13H,1,3,7,9-10H2,(H,21,24)(H,22,23)(H4,18,19,20). The van der Waals surface area contributed by atoms with Crippen molar-refractivity contribution in [3.8, 4) is 11.8 Å². The Morgan fingerprint density at radius 1 is 1.42 bits per heavy atom. The maximum Gasteiger partial charge on any atom is 0.304 e. The molecule has 24 heavy (non-hydrogen) atoms. The van der Waals surface area contributed by atoms with Crippen LogP contribution in [0.4, 0.5) is 5.69 Å². The van der Waals surface area contributed by atoms with Gasteiger partial charge >= 0.3 is 5.97 Å². The van der Waals surface area contributed by atoms with E-state index in [0.29, 0.717) is 25.1 Å². The number of hydrogen-bond donors (Lipinski definition) is 4. The van der Waals surface area contributed by atoms with Gasteiger partial charge in [-0.2, -0.15) is 0 Å². The fourth-order valence-corrected chi connectivity index (χ4v) is 2.46. The molecule has 0 radical (unpaired) electrons. The molecule has 7 nitrogen and oxygen atoms in total. The first-order valence-electron chi connectivity index (χ1n) is 7.65. The number of carboxylic acids is 1. The monoisotopic (exact) mass is 328 g/mol. The third-order valence-electron chi connectivity index (χ3n) is 3.61. The number of rotatable bonds is 5. The molecule has 1 aliphatic rings. The highest BCUT2D eigenvalue weighted by Crippen LogP contribution is 2.28. The third-order valence-corrected chi connectivity index (χ3v) is 3.61. The summed E-state index contributed by atoms with van der Waals surface area (Å²) in [5.74, 6) is 4.40. The molecular weight excluding hydrogens is 308 g/mol. The van der Waals surface area contributed by atoms with Crippen molar-refractivity contribution in [2.24, 2.45) is 22.4 Å². The lowest BCUT2D eigenvalue weighted by Gasteiger charge is -2.23. The Kier molecular flexibility index (Phi) is 5.79. The number of guanidine groups is 1. The molecule has 126 valence electrons. The first-order chi connectivity index (χ1) is 11.5. The minimum Gasteiger partial charge on any atom is -0.481 e. The number of benzene rings is 1. The fourth-order valence-electron chi connectivity index (χ4n) is 2.46. The van der Waals surface area contributed by atoms with Crippen LogP contribution in [-0.2, 0) is 16.0 Å². The van der Waals surface area contributed by atoms with E-state index in [1.54, 1.807) is 0 Å². The van der Waals surface area contributed by atoms with Crippen LogP contribution in [0.1, 0.15) is 30.4 Å². The Morgan fingerprint density at radius 2 is 2.21 bits per heavy atom. The van der Waals surface area contributed by atoms with Crippen molar-refractivity contribution in [2.75, 3.05) is 11.9 Å². The molecule has 0 saturated heterocycles. The van der Waals surface area contributed by atoms with Crippen molar-refractivity contribution >= 4 is 23.5 Å². The maximum absolute atomic E-state index is 11.9. The Morgan fingerprint density at radius 3 is 2.92 bits per heavy atom. The summed E-state index contributed by atoms with van der Waals surface area (Å²) in [5, 5.41) is 11.6. The summed E-state index contributed by atoms with van der Waals surface area (Å²) in [7, 11) is 0. The van der Waals surface area contributed by atoms with Crippen molar-refractivity contribution in [3.63, 3.8) is 0 Å². The van der Waals surface area contributed by atoms with Crippen LogP contribution in [0.15, 0.2) is 23.2 Å². The zero-order chi connectivity index (χ0) is 17.5. The van der Waals surface area contributed by atoms with E-state index in [9.17, 15) is 9.59 Å². The lowest BCUT2D eigenvalue weighted by atomic mass is 9.90. The van der Waals surface area contributed by atoms with Crippen molar-refractivity contribution in [3.05, 3.63) is 29.3 Å². The van der Waals surface area contributed by atoms with Gasteiger partial charge in [-0.25, -0.2) is 0 Å². The summed E-state index contributed by atoms with van der Waals surface area (Å²) in [5.41, 5.74) is 12.9. The average molecular weight is 328 g/mol. The number of aliphatic imine (C=N–C) groups is 1. The Labute approximate surface area is 140 Å². The number of nitrogens with zero attached hydrogens (tertiary/aromatic N) is 1. The number of carbonyl (C=O) groups is 2. The molecule has 1 aromatic carbocycles. The van der Waals surface area contributed by atoms with Gasteiger partial charge in [-0.15, -0.1) is 0 Å². The molecule has 1 atom stereocenters. The molecule has 7 heteroatoms. The Bertz CT molecular complexity index is 727. The maximum atomic E-state index is 11.9. The predicted molar refractivity (Wildman–Crippen MR) is 91.3 cm³/mol. The smallest absolute Gasteiger partial charge is 0.304 e. The molecule has 1 aromatic rings. The summed E-state index contributed by atoms with van der Waals surface area (Å²) in [6.07, 6.45) is 1.70. The van der Waals surface area contributed by atoms with Crippen molar-refractivity contribution in [1.82, 2.24) is 0 Å². The van der Waals surface area contributed by atoms with E-state index in [0.717, 1.165) is 17.5 Å². The van der Waals surface area contributed by atoms with Crippen molar-refractivity contribution in [2.45, 2.75) is 25.7 Å². The lowest BCUT2D eigenvalue weighted by Crippen LogP contribution is -2.31. The number of carbonyl (C=O) groups excluding carboxylic acids is 1. The largest absolute Gasteiger partial charge is 0.481 e. The normalized spacial score (nSPS) is 15.5. The van der Waals surface area contributed by atoms with Gasteiger partial charge in [0.25, 0.3) is 0 Å². The van der Waals surface area contributed by atoms with Gasteiger partial charge in [0.2, 0.25) is 5.91 Å². The van der Waals surface area contributed by atoms with Gasteiger partial charge in [0, 0.05) is 24.2 Å². The van der Waals surface area contributed by atoms with Gasteiger partial charge in [0.15, 0.2) is 5.96 Å². The van der Waals surface area contributed by atoms with E-state index < -0.39 is 11.9 Å². The van der Waals surface area contributed by atoms with Crippen LogP contribution in [0.3, 0.4) is 0 Å². The molecule has 0 spiro atoms. The van der Waals surface area contributed by atoms with Crippen LogP contribution in [0.25, 0.3) is 0 Å². The van der Waals surface area contributed by atoms with Gasteiger partial charge in [-0.05, 0) is 30.5 Å². The van der Waals surface area contributed by atoms with Crippen LogP contribution >= 0.6 is 0 Å². The quantitative estimate of drug-likeness (QED) is 0.273. The van der Waals surface area contributed by atoms with E-state index in [4.69, 9.17) is 16.6 Å². The van der Waals surface area contributed by atoms with Gasteiger partial charge < -0.3 is 21.9 Å². The van der Waals surface area contributed by atoms with Gasteiger partial charge in [-0.1, -0.05) is 17.9 Å². The molecule has 1 aliphatic heterocycles. The highest BCUT2D eigenvalue weighted by molar-refractivity contribution is 5.97. The number of nitrogens with two attached hydrogens (primary N) is 2. The van der Waals surface area contributed by atoms with E-state index >= 15 is 0 Å². The zero-order valence-electron chi connectivity index (χ0n) is 13.2. The molecule has 1 unspecified atom stereocenters. The zero-order valence-corrected chi connectivity index (χ0v) is 13.2. The summed E-state index contributed by atoms with van der Waals surface area (Å²) in [4.78, 5) is 26.6. The molecule has 0 fully saturated rings. The van der Waals surface area contributed by atoms with Crippen LogP contribution in [0, 0.1) is 17.8 Å². The summed E-state index contributed by atoms with van der Waals surface area (Å²) < 4.78 is 0. The van der Waals surface area contributed by atoms with E-state index in [-0.39, 0.29) is 18.3 Å². The molecule has 1 amide bonds. The number of fused-ring (bicyclic) bond motifs is 1. The molecular formula is C17H20N4O3. The van der Waals surface area contributed by atoms with Crippen molar-refractivity contribution < 1.29 is 14.7 Å². The highest BCUT2D eigenvalue weighted by Gasteiger charge is 2.27. The van der Waals surface area contributed by atoms with E-state index in [1.165, 1.54) is 0 Å². The minimum atomic E-state index is -0.971. The molecule has 6 N–H and O–H groups in total. The van der Waals surface area contributed by atoms with Crippen LogP contribution < -0.4 is 16.8 Å². The highest BCUT2D eigenvalue weighted by atomic mass is 16.4. The van der Waals surface area contributed by atoms with Gasteiger partial charge in [-0.3, -0.25) is 14.6 Å². The summed E-state index contributed by atoms with van der Waals surface area (Å²) >= 11 is 0. The Balaban J connectivity index is 1.98. The van der Waals surface area contributed by atoms with Crippen LogP contribution in [0.2, 0.25) is 0 Å².